The summed E-state index contributed by atoms with van der Waals surface area (Å²) < 4.78 is 40.5. The van der Waals surface area contributed by atoms with Gasteiger partial charge in [-0.2, -0.15) is 0 Å². The minimum absolute atomic E-state index is 0.0364. The summed E-state index contributed by atoms with van der Waals surface area (Å²) in [7, 11) is 1.45. The Morgan fingerprint density at radius 1 is 0.962 bits per heavy atom. The highest BCUT2D eigenvalue weighted by Gasteiger charge is 2.52. The number of halogens is 3. The van der Waals surface area contributed by atoms with Gasteiger partial charge in [0.15, 0.2) is 17.5 Å². The molecule has 2 saturated carbocycles. The lowest BCUT2D eigenvalue weighted by Gasteiger charge is -2.45. The first kappa shape index (κ1) is 17.4. The molecule has 0 spiro atoms. The van der Waals surface area contributed by atoms with Gasteiger partial charge in [0.2, 0.25) is 0 Å². The second-order valence-corrected chi connectivity index (χ2v) is 7.68. The lowest BCUT2D eigenvalue weighted by molar-refractivity contribution is -0.133. The number of amides is 3. The van der Waals surface area contributed by atoms with Crippen LogP contribution in [0.2, 0.25) is 0 Å². The Kier molecular flexibility index (Phi) is 4.20. The van der Waals surface area contributed by atoms with Gasteiger partial charge in [0.1, 0.15) is 6.04 Å². The maximum atomic E-state index is 13.6. The minimum Gasteiger partial charge on any atom is -0.311 e. The standard InChI is InChI=1S/C19H21F3N2O2/c1-23-17(12-8-13(20)15(22)14(21)9-12)18(25)24(19(23)26)16(10-4-2-5-10)11-6-3-7-11/h8-11,16-17H,2-7H2,1H3/t17-/m0/s1. The Morgan fingerprint density at radius 2 is 1.46 bits per heavy atom. The Morgan fingerprint density at radius 3 is 1.88 bits per heavy atom. The molecule has 0 N–H and O–H groups in total. The Balaban J connectivity index is 1.68. The van der Waals surface area contributed by atoms with Crippen LogP contribution in [0.3, 0.4) is 0 Å². The van der Waals surface area contributed by atoms with Crippen molar-refractivity contribution >= 4 is 11.9 Å². The van der Waals surface area contributed by atoms with Crippen molar-refractivity contribution in [1.82, 2.24) is 9.80 Å². The summed E-state index contributed by atoms with van der Waals surface area (Å²) in [6.45, 7) is 0. The molecule has 1 heterocycles. The number of hydrogen-bond acceptors (Lipinski definition) is 2. The molecule has 7 heteroatoms. The van der Waals surface area contributed by atoms with Crippen LogP contribution in [0.15, 0.2) is 12.1 Å². The van der Waals surface area contributed by atoms with E-state index in [2.05, 4.69) is 0 Å². The Bertz CT molecular complexity index is 724. The van der Waals surface area contributed by atoms with Gasteiger partial charge in [0.05, 0.1) is 0 Å². The van der Waals surface area contributed by atoms with Crippen molar-refractivity contribution in [3.05, 3.63) is 35.1 Å². The molecule has 4 rings (SSSR count). The Hall–Kier alpha value is -2.05. The largest absolute Gasteiger partial charge is 0.327 e. The van der Waals surface area contributed by atoms with Crippen molar-refractivity contribution in [2.75, 3.05) is 7.05 Å². The molecular formula is C19H21F3N2O2. The molecule has 2 aliphatic carbocycles. The van der Waals surface area contributed by atoms with Crippen molar-refractivity contribution in [2.24, 2.45) is 11.8 Å². The number of hydrogen-bond donors (Lipinski definition) is 0. The molecule has 1 aromatic rings. The fourth-order valence-corrected chi connectivity index (χ4v) is 4.41. The summed E-state index contributed by atoms with van der Waals surface area (Å²) in [6, 6.07) is -0.0878. The summed E-state index contributed by atoms with van der Waals surface area (Å²) in [4.78, 5) is 28.4. The van der Waals surface area contributed by atoms with E-state index in [1.54, 1.807) is 0 Å². The highest BCUT2D eigenvalue weighted by atomic mass is 19.2. The van der Waals surface area contributed by atoms with Crippen LogP contribution in [-0.4, -0.2) is 34.8 Å². The zero-order valence-corrected chi connectivity index (χ0v) is 14.6. The van der Waals surface area contributed by atoms with Crippen LogP contribution in [0.4, 0.5) is 18.0 Å². The third-order valence-corrected chi connectivity index (χ3v) is 6.25. The molecule has 0 unspecified atom stereocenters. The molecule has 1 aliphatic heterocycles. The van der Waals surface area contributed by atoms with Gasteiger partial charge in [-0.05, 0) is 55.2 Å². The van der Waals surface area contributed by atoms with Gasteiger partial charge in [-0.15, -0.1) is 0 Å². The monoisotopic (exact) mass is 366 g/mol. The van der Waals surface area contributed by atoms with E-state index in [4.69, 9.17) is 0 Å². The third-order valence-electron chi connectivity index (χ3n) is 6.25. The van der Waals surface area contributed by atoms with Crippen molar-refractivity contribution < 1.29 is 22.8 Å². The summed E-state index contributed by atoms with van der Waals surface area (Å²) in [6.07, 6.45) is 6.16. The number of imide groups is 1. The van der Waals surface area contributed by atoms with Crippen molar-refractivity contribution in [3.63, 3.8) is 0 Å². The summed E-state index contributed by atoms with van der Waals surface area (Å²) in [5, 5.41) is 0. The number of nitrogens with zero attached hydrogens (tertiary/aromatic N) is 2. The van der Waals surface area contributed by atoms with E-state index in [-0.39, 0.29) is 11.6 Å². The molecule has 0 aromatic heterocycles. The molecular weight excluding hydrogens is 345 g/mol. The third kappa shape index (κ3) is 2.51. The first-order valence-electron chi connectivity index (χ1n) is 9.14. The molecule has 1 saturated heterocycles. The summed E-state index contributed by atoms with van der Waals surface area (Å²) >= 11 is 0. The number of benzene rings is 1. The van der Waals surface area contributed by atoms with Crippen LogP contribution in [0.1, 0.15) is 50.1 Å². The van der Waals surface area contributed by atoms with Gasteiger partial charge in [-0.3, -0.25) is 9.69 Å². The number of rotatable bonds is 4. The fourth-order valence-electron chi connectivity index (χ4n) is 4.41. The van der Waals surface area contributed by atoms with Crippen LogP contribution in [-0.2, 0) is 4.79 Å². The normalized spacial score (nSPS) is 24.4. The number of carbonyl (C=O) groups is 2. The van der Waals surface area contributed by atoms with Crippen LogP contribution in [0.5, 0.6) is 0 Å². The molecule has 0 radical (unpaired) electrons. The van der Waals surface area contributed by atoms with E-state index in [1.165, 1.54) is 16.8 Å². The lowest BCUT2D eigenvalue weighted by atomic mass is 9.68. The predicted octanol–water partition coefficient (Wildman–Crippen LogP) is 4.01. The molecule has 0 bridgehead atoms. The van der Waals surface area contributed by atoms with Crippen LogP contribution >= 0.6 is 0 Å². The molecule has 140 valence electrons. The smallest absolute Gasteiger partial charge is 0.311 e. The van der Waals surface area contributed by atoms with Crippen molar-refractivity contribution in [1.29, 1.82) is 0 Å². The highest BCUT2D eigenvalue weighted by Crippen LogP contribution is 2.45. The topological polar surface area (TPSA) is 40.6 Å². The molecule has 3 fully saturated rings. The van der Waals surface area contributed by atoms with Crippen LogP contribution in [0, 0.1) is 29.3 Å². The zero-order valence-electron chi connectivity index (χ0n) is 14.6. The lowest BCUT2D eigenvalue weighted by Crippen LogP contribution is -2.52. The summed E-state index contributed by atoms with van der Waals surface area (Å²) in [5.41, 5.74) is -0.0364. The average molecular weight is 366 g/mol. The maximum Gasteiger partial charge on any atom is 0.327 e. The van der Waals surface area contributed by atoms with Gasteiger partial charge in [-0.1, -0.05) is 12.8 Å². The fraction of sp³-hybridized carbons (Fsp3) is 0.579. The van der Waals surface area contributed by atoms with Crippen molar-refractivity contribution in [3.8, 4) is 0 Å². The number of urea groups is 1. The predicted molar refractivity (Wildman–Crippen MR) is 87.5 cm³/mol. The SMILES string of the molecule is CN1C(=O)N(C(C2CCC2)C2CCC2)C(=O)[C@@H]1c1cc(F)c(F)c(F)c1. The molecule has 1 atom stereocenters. The van der Waals surface area contributed by atoms with E-state index in [1.807, 2.05) is 0 Å². The Labute approximate surface area is 149 Å². The van der Waals surface area contributed by atoms with E-state index in [0.717, 1.165) is 50.7 Å². The van der Waals surface area contributed by atoms with Gasteiger partial charge in [-0.25, -0.2) is 18.0 Å². The zero-order chi connectivity index (χ0) is 18.6. The first-order chi connectivity index (χ1) is 12.4. The van der Waals surface area contributed by atoms with Crippen LogP contribution in [0.25, 0.3) is 0 Å². The quantitative estimate of drug-likeness (QED) is 0.597. The maximum absolute atomic E-state index is 13.6. The molecule has 26 heavy (non-hydrogen) atoms. The molecule has 1 aromatic carbocycles. The van der Waals surface area contributed by atoms with Gasteiger partial charge in [0.25, 0.3) is 5.91 Å². The molecule has 3 amide bonds. The van der Waals surface area contributed by atoms with E-state index >= 15 is 0 Å². The molecule has 3 aliphatic rings. The van der Waals surface area contributed by atoms with Gasteiger partial charge < -0.3 is 4.90 Å². The average Bonchev–Trinajstić information content (AvgIpc) is 2.70. The highest BCUT2D eigenvalue weighted by molar-refractivity contribution is 6.05. The first-order valence-corrected chi connectivity index (χ1v) is 9.14. The van der Waals surface area contributed by atoms with Gasteiger partial charge >= 0.3 is 6.03 Å². The van der Waals surface area contributed by atoms with Crippen LogP contribution < -0.4 is 0 Å². The number of likely N-dealkylation sites (N-methyl/N-ethyl adjacent to an activating group) is 1. The van der Waals surface area contributed by atoms with E-state index < -0.39 is 35.4 Å². The molecule has 4 nitrogen and oxygen atoms in total. The van der Waals surface area contributed by atoms with E-state index in [0.29, 0.717) is 11.8 Å². The van der Waals surface area contributed by atoms with E-state index in [9.17, 15) is 22.8 Å². The van der Waals surface area contributed by atoms with Gasteiger partial charge in [0, 0.05) is 13.1 Å². The summed E-state index contributed by atoms with van der Waals surface area (Å²) in [5.74, 6) is -4.15. The second-order valence-electron chi connectivity index (χ2n) is 7.68. The minimum atomic E-state index is -1.58. The number of carbonyl (C=O) groups excluding carboxylic acids is 2. The second kappa shape index (κ2) is 6.28. The van der Waals surface area contributed by atoms with Crippen molar-refractivity contribution in [2.45, 2.75) is 50.6 Å².